The Morgan fingerprint density at radius 2 is 1.86 bits per heavy atom. The van der Waals surface area contributed by atoms with Crippen LogP contribution < -0.4 is 4.90 Å². The van der Waals surface area contributed by atoms with Crippen LogP contribution in [0.25, 0.3) is 0 Å². The van der Waals surface area contributed by atoms with Crippen LogP contribution in [-0.2, 0) is 28.9 Å². The minimum Gasteiger partial charge on any atom is -0.378 e. The molecule has 2 aromatic carbocycles. The highest BCUT2D eigenvalue weighted by Gasteiger charge is 2.31. The number of amides is 1. The Kier molecular flexibility index (Phi) is 7.04. The molecule has 2 aliphatic heterocycles. The molecule has 0 bridgehead atoms. The first-order valence-corrected chi connectivity index (χ1v) is 12.4. The highest BCUT2D eigenvalue weighted by molar-refractivity contribution is 5.84. The van der Waals surface area contributed by atoms with Crippen LogP contribution in [0, 0.1) is 5.82 Å². The van der Waals surface area contributed by atoms with Crippen LogP contribution in [0.5, 0.6) is 0 Å². The quantitative estimate of drug-likeness (QED) is 0.538. The van der Waals surface area contributed by atoms with Gasteiger partial charge in [-0.25, -0.2) is 14.4 Å². The molecule has 1 unspecified atom stereocenters. The van der Waals surface area contributed by atoms with Gasteiger partial charge in [-0.05, 0) is 29.7 Å². The zero-order chi connectivity index (χ0) is 24.2. The van der Waals surface area contributed by atoms with E-state index in [1.807, 2.05) is 41.3 Å². The number of nitrogens with zero attached hydrogens (tertiary/aromatic N) is 4. The first-order valence-electron chi connectivity index (χ1n) is 12.4. The molecular weight excluding hydrogens is 443 g/mol. The minimum atomic E-state index is -0.257. The topological polar surface area (TPSA) is 58.6 Å². The predicted octanol–water partition coefficient (Wildman–Crippen LogP) is 4.12. The van der Waals surface area contributed by atoms with E-state index in [2.05, 4.69) is 11.8 Å². The molecule has 0 saturated carbocycles. The van der Waals surface area contributed by atoms with E-state index in [1.54, 1.807) is 6.07 Å². The number of carbonyl (C=O) groups is 1. The molecule has 35 heavy (non-hydrogen) atoms. The van der Waals surface area contributed by atoms with Gasteiger partial charge < -0.3 is 14.5 Å². The van der Waals surface area contributed by atoms with Gasteiger partial charge in [0.2, 0.25) is 5.91 Å². The Hall–Kier alpha value is -3.32. The summed E-state index contributed by atoms with van der Waals surface area (Å²) in [5, 5.41) is 0. The van der Waals surface area contributed by atoms with Gasteiger partial charge in [0, 0.05) is 38.0 Å². The summed E-state index contributed by atoms with van der Waals surface area (Å²) in [6.45, 7) is 5.99. The molecule has 0 radical (unpaired) electrons. The molecule has 2 aliphatic rings. The molecule has 7 heteroatoms. The van der Waals surface area contributed by atoms with Crippen molar-refractivity contribution in [1.29, 1.82) is 0 Å². The summed E-state index contributed by atoms with van der Waals surface area (Å²) < 4.78 is 19.3. The summed E-state index contributed by atoms with van der Waals surface area (Å²) in [4.78, 5) is 27.6. The van der Waals surface area contributed by atoms with Crippen molar-refractivity contribution in [3.8, 4) is 0 Å². The molecule has 0 N–H and O–H groups in total. The fourth-order valence-corrected chi connectivity index (χ4v) is 5.04. The van der Waals surface area contributed by atoms with Crippen LogP contribution in [0.1, 0.15) is 47.5 Å². The Labute approximate surface area is 205 Å². The van der Waals surface area contributed by atoms with Crippen molar-refractivity contribution in [3.05, 3.63) is 88.6 Å². The molecular formula is C28H31FN4O2. The van der Waals surface area contributed by atoms with Crippen molar-refractivity contribution in [2.24, 2.45) is 0 Å². The number of benzene rings is 2. The molecule has 3 aromatic rings. The average molecular weight is 475 g/mol. The third kappa shape index (κ3) is 5.20. The number of fused-ring (bicyclic) bond motifs is 1. The molecule has 1 atom stereocenters. The molecule has 1 aromatic heterocycles. The van der Waals surface area contributed by atoms with Gasteiger partial charge in [-0.15, -0.1) is 0 Å². The van der Waals surface area contributed by atoms with Crippen LogP contribution in [0.3, 0.4) is 0 Å². The zero-order valence-corrected chi connectivity index (χ0v) is 20.1. The Morgan fingerprint density at radius 1 is 1.06 bits per heavy atom. The Bertz CT molecular complexity index is 1180. The molecule has 1 fully saturated rings. The number of carbonyl (C=O) groups excluding carboxylic acids is 1. The van der Waals surface area contributed by atoms with Gasteiger partial charge in [-0.3, -0.25) is 4.79 Å². The fraction of sp³-hybridized carbons (Fsp3) is 0.393. The van der Waals surface area contributed by atoms with E-state index in [4.69, 9.17) is 14.7 Å². The highest BCUT2D eigenvalue weighted by atomic mass is 19.1. The molecule has 3 heterocycles. The summed E-state index contributed by atoms with van der Waals surface area (Å²) in [7, 11) is 0. The van der Waals surface area contributed by atoms with Gasteiger partial charge in [-0.2, -0.15) is 0 Å². The van der Waals surface area contributed by atoms with Crippen LogP contribution >= 0.6 is 0 Å². The average Bonchev–Trinajstić information content (AvgIpc) is 2.89. The second-order valence-corrected chi connectivity index (χ2v) is 9.18. The number of rotatable bonds is 6. The van der Waals surface area contributed by atoms with Crippen LogP contribution in [0.2, 0.25) is 0 Å². The monoisotopic (exact) mass is 474 g/mol. The van der Waals surface area contributed by atoms with Crippen molar-refractivity contribution >= 4 is 11.7 Å². The maximum atomic E-state index is 13.7. The fourth-order valence-electron chi connectivity index (χ4n) is 5.04. The van der Waals surface area contributed by atoms with Gasteiger partial charge in [-0.1, -0.05) is 49.4 Å². The summed E-state index contributed by atoms with van der Waals surface area (Å²) in [6, 6.07) is 16.6. The lowest BCUT2D eigenvalue weighted by Gasteiger charge is -2.35. The standard InChI is InChI=1S/C28H31FN4O2/c1-2-23(21-8-4-3-5-9-21)28(34)33-12-11-25-24(19-33)27(32-13-15-35-16-14-32)31-26(30-25)18-20-7-6-10-22(29)17-20/h3-10,17,23H,2,11-16,18-19H2,1H3. The van der Waals surface area contributed by atoms with Crippen molar-refractivity contribution in [1.82, 2.24) is 14.9 Å². The minimum absolute atomic E-state index is 0.154. The highest BCUT2D eigenvalue weighted by Crippen LogP contribution is 2.31. The van der Waals surface area contributed by atoms with E-state index in [0.29, 0.717) is 45.0 Å². The lowest BCUT2D eigenvalue weighted by Crippen LogP contribution is -2.42. The molecule has 1 amide bonds. The van der Waals surface area contributed by atoms with E-state index < -0.39 is 0 Å². The van der Waals surface area contributed by atoms with Crippen LogP contribution in [0.4, 0.5) is 10.2 Å². The van der Waals surface area contributed by atoms with Crippen LogP contribution in [0.15, 0.2) is 54.6 Å². The number of aromatic nitrogens is 2. The maximum Gasteiger partial charge on any atom is 0.230 e. The van der Waals surface area contributed by atoms with Crippen LogP contribution in [-0.4, -0.2) is 53.6 Å². The second kappa shape index (κ2) is 10.5. The Balaban J connectivity index is 1.45. The number of hydrogen-bond acceptors (Lipinski definition) is 5. The van der Waals surface area contributed by atoms with E-state index in [1.165, 1.54) is 12.1 Å². The predicted molar refractivity (Wildman–Crippen MR) is 133 cm³/mol. The first kappa shape index (κ1) is 23.4. The summed E-state index contributed by atoms with van der Waals surface area (Å²) in [5.41, 5.74) is 3.92. The van der Waals surface area contributed by atoms with E-state index >= 15 is 0 Å². The summed E-state index contributed by atoms with van der Waals surface area (Å²) in [6.07, 6.45) is 1.91. The molecule has 5 rings (SSSR count). The van der Waals surface area contributed by atoms with E-state index in [-0.39, 0.29) is 17.6 Å². The number of anilines is 1. The molecule has 0 spiro atoms. The molecule has 6 nitrogen and oxygen atoms in total. The van der Waals surface area contributed by atoms with Gasteiger partial charge in [0.1, 0.15) is 17.5 Å². The molecule has 182 valence electrons. The van der Waals surface area contributed by atoms with Gasteiger partial charge in [0.15, 0.2) is 0 Å². The summed E-state index contributed by atoms with van der Waals surface area (Å²) >= 11 is 0. The number of hydrogen-bond donors (Lipinski definition) is 0. The molecule has 1 saturated heterocycles. The largest absolute Gasteiger partial charge is 0.378 e. The van der Waals surface area contributed by atoms with E-state index in [0.717, 1.165) is 47.7 Å². The lowest BCUT2D eigenvalue weighted by atomic mass is 9.93. The van der Waals surface area contributed by atoms with Crippen molar-refractivity contribution in [3.63, 3.8) is 0 Å². The number of halogens is 1. The number of morpholine rings is 1. The zero-order valence-electron chi connectivity index (χ0n) is 20.1. The third-order valence-electron chi connectivity index (χ3n) is 6.87. The maximum absolute atomic E-state index is 13.7. The van der Waals surface area contributed by atoms with Gasteiger partial charge in [0.05, 0.1) is 31.4 Å². The van der Waals surface area contributed by atoms with Crippen molar-refractivity contribution < 1.29 is 13.9 Å². The van der Waals surface area contributed by atoms with E-state index in [9.17, 15) is 9.18 Å². The van der Waals surface area contributed by atoms with Gasteiger partial charge in [0.25, 0.3) is 0 Å². The van der Waals surface area contributed by atoms with Gasteiger partial charge >= 0.3 is 0 Å². The second-order valence-electron chi connectivity index (χ2n) is 9.18. The summed E-state index contributed by atoms with van der Waals surface area (Å²) in [5.74, 6) is 1.31. The lowest BCUT2D eigenvalue weighted by molar-refractivity contribution is -0.133. The van der Waals surface area contributed by atoms with Crippen molar-refractivity contribution in [2.45, 2.75) is 38.6 Å². The normalized spacial score (nSPS) is 16.6. The molecule has 0 aliphatic carbocycles. The third-order valence-corrected chi connectivity index (χ3v) is 6.87. The number of ether oxygens (including phenoxy) is 1. The Morgan fingerprint density at radius 3 is 2.60 bits per heavy atom. The smallest absolute Gasteiger partial charge is 0.230 e. The SMILES string of the molecule is CCC(C(=O)N1CCc2nc(Cc3cccc(F)c3)nc(N3CCOCC3)c2C1)c1ccccc1. The first-order chi connectivity index (χ1) is 17.1. The van der Waals surface area contributed by atoms with Crippen molar-refractivity contribution in [2.75, 3.05) is 37.7 Å².